The summed E-state index contributed by atoms with van der Waals surface area (Å²) in [6, 6.07) is 9.28. The Labute approximate surface area is 152 Å². The van der Waals surface area contributed by atoms with Crippen LogP contribution in [0.3, 0.4) is 0 Å². The van der Waals surface area contributed by atoms with Crippen molar-refractivity contribution in [1.29, 1.82) is 0 Å². The summed E-state index contributed by atoms with van der Waals surface area (Å²) in [4.78, 5) is 15.0. The summed E-state index contributed by atoms with van der Waals surface area (Å²) < 4.78 is 0. The molecule has 2 nitrogen and oxygen atoms in total. The lowest BCUT2D eigenvalue weighted by Crippen LogP contribution is -3.11. The van der Waals surface area contributed by atoms with Crippen LogP contribution in [0.15, 0.2) is 24.3 Å². The smallest absolute Gasteiger partial charge is 0.192 e. The Hall–Kier alpha value is -1.15. The first-order chi connectivity index (χ1) is 12.1. The van der Waals surface area contributed by atoms with Crippen LogP contribution in [0.5, 0.6) is 0 Å². The fourth-order valence-electron chi connectivity index (χ4n) is 7.30. The number of rotatable bonds is 4. The molecule has 1 saturated heterocycles. The average Bonchev–Trinajstić information content (AvgIpc) is 3.07. The van der Waals surface area contributed by atoms with E-state index < -0.39 is 0 Å². The van der Waals surface area contributed by atoms with Gasteiger partial charge in [0, 0.05) is 18.3 Å². The van der Waals surface area contributed by atoms with Crippen LogP contribution in [0.2, 0.25) is 0 Å². The Balaban J connectivity index is 1.45. The molecule has 0 aromatic heterocycles. The maximum Gasteiger partial charge on any atom is 0.192 e. The molecule has 5 fully saturated rings. The molecule has 4 bridgehead atoms. The SMILES string of the molecule is Cc1ccc(C23C[C@@H]4C[C@@H](CC(C(=O)C[NH+]5CCCC5)(C4)C2)C3)cc1. The Bertz CT molecular complexity index is 656. The molecule has 6 rings (SSSR count). The number of Topliss-reactive ketones (excluding diaryl/α,β-unsaturated/α-hetero) is 1. The van der Waals surface area contributed by atoms with E-state index in [2.05, 4.69) is 31.2 Å². The minimum atomic E-state index is 0.0184. The number of carbonyl (C=O) groups excluding carboxylic acids is 1. The molecule has 1 aliphatic heterocycles. The molecule has 1 heterocycles. The van der Waals surface area contributed by atoms with Crippen molar-refractivity contribution in [2.24, 2.45) is 17.3 Å². The minimum Gasteiger partial charge on any atom is -0.329 e. The van der Waals surface area contributed by atoms with Gasteiger partial charge in [-0.2, -0.15) is 0 Å². The number of quaternary nitrogens is 1. The van der Waals surface area contributed by atoms with Crippen LogP contribution < -0.4 is 4.90 Å². The Morgan fingerprint density at radius 3 is 2.32 bits per heavy atom. The van der Waals surface area contributed by atoms with Gasteiger partial charge < -0.3 is 4.90 Å². The largest absolute Gasteiger partial charge is 0.329 e. The van der Waals surface area contributed by atoms with Crippen molar-refractivity contribution in [3.8, 4) is 0 Å². The standard InChI is InChI=1S/C23H31NO/c1-17-4-6-20(7-5-17)22-11-18-10-19(12-22)14-23(13-18,16-22)21(25)15-24-8-2-3-9-24/h4-7,18-19H,2-3,8-16H2,1H3/p+1/t18-,19+,22?,23?. The number of nitrogens with one attached hydrogen (secondary N) is 1. The number of hydrogen-bond donors (Lipinski definition) is 1. The number of carbonyl (C=O) groups is 1. The Morgan fingerprint density at radius 1 is 1.04 bits per heavy atom. The van der Waals surface area contributed by atoms with E-state index in [0.29, 0.717) is 11.2 Å². The van der Waals surface area contributed by atoms with Gasteiger partial charge in [0.05, 0.1) is 13.1 Å². The quantitative estimate of drug-likeness (QED) is 0.895. The number of ketones is 1. The van der Waals surface area contributed by atoms with Gasteiger partial charge in [0.1, 0.15) is 6.54 Å². The van der Waals surface area contributed by atoms with Gasteiger partial charge in [-0.3, -0.25) is 4.79 Å². The summed E-state index contributed by atoms with van der Waals surface area (Å²) in [5.74, 6) is 2.20. The van der Waals surface area contributed by atoms with E-state index in [1.54, 1.807) is 4.90 Å². The van der Waals surface area contributed by atoms with E-state index in [4.69, 9.17) is 0 Å². The third kappa shape index (κ3) is 2.60. The molecular formula is C23H32NO+. The zero-order chi connectivity index (χ0) is 17.1. The summed E-state index contributed by atoms with van der Waals surface area (Å²) in [6.07, 6.45) is 10.2. The van der Waals surface area contributed by atoms with Gasteiger partial charge in [0.15, 0.2) is 5.78 Å². The predicted octanol–water partition coefficient (Wildman–Crippen LogP) is 3.08. The van der Waals surface area contributed by atoms with Crippen LogP contribution in [0.1, 0.15) is 62.5 Å². The van der Waals surface area contributed by atoms with Crippen LogP contribution in [0.4, 0.5) is 0 Å². The molecule has 1 N–H and O–H groups in total. The molecule has 2 unspecified atom stereocenters. The molecule has 2 heteroatoms. The molecule has 4 saturated carbocycles. The van der Waals surface area contributed by atoms with Crippen molar-refractivity contribution < 1.29 is 9.69 Å². The van der Waals surface area contributed by atoms with Crippen LogP contribution in [-0.4, -0.2) is 25.4 Å². The molecule has 4 atom stereocenters. The first-order valence-corrected chi connectivity index (χ1v) is 10.5. The van der Waals surface area contributed by atoms with Crippen LogP contribution in [0, 0.1) is 24.2 Å². The Morgan fingerprint density at radius 2 is 1.68 bits per heavy atom. The summed E-state index contributed by atoms with van der Waals surface area (Å²) in [5, 5.41) is 0. The molecule has 0 amide bonds. The van der Waals surface area contributed by atoms with Gasteiger partial charge in [-0.15, -0.1) is 0 Å². The van der Waals surface area contributed by atoms with E-state index >= 15 is 0 Å². The highest BCUT2D eigenvalue weighted by Crippen LogP contribution is 2.65. The number of hydrogen-bond acceptors (Lipinski definition) is 1. The second-order valence-corrected chi connectivity index (χ2v) is 9.94. The lowest BCUT2D eigenvalue weighted by molar-refractivity contribution is -0.879. The van der Waals surface area contributed by atoms with E-state index in [-0.39, 0.29) is 5.41 Å². The van der Waals surface area contributed by atoms with Crippen molar-refractivity contribution in [2.45, 2.75) is 63.7 Å². The van der Waals surface area contributed by atoms with E-state index in [1.807, 2.05) is 0 Å². The van der Waals surface area contributed by atoms with Gasteiger partial charge >= 0.3 is 0 Å². The lowest BCUT2D eigenvalue weighted by Gasteiger charge is -2.61. The molecule has 1 aromatic rings. The first kappa shape index (κ1) is 16.1. The highest BCUT2D eigenvalue weighted by molar-refractivity contribution is 5.86. The van der Waals surface area contributed by atoms with Gasteiger partial charge in [0.25, 0.3) is 0 Å². The highest BCUT2D eigenvalue weighted by Gasteiger charge is 2.61. The zero-order valence-electron chi connectivity index (χ0n) is 15.7. The molecule has 4 aliphatic carbocycles. The maximum absolute atomic E-state index is 13.5. The third-order valence-electron chi connectivity index (χ3n) is 8.04. The molecule has 25 heavy (non-hydrogen) atoms. The van der Waals surface area contributed by atoms with Crippen LogP contribution >= 0.6 is 0 Å². The second-order valence-electron chi connectivity index (χ2n) is 9.94. The molecular weight excluding hydrogens is 306 g/mol. The van der Waals surface area contributed by atoms with E-state index in [0.717, 1.165) is 24.8 Å². The minimum absolute atomic E-state index is 0.0184. The first-order valence-electron chi connectivity index (χ1n) is 10.5. The monoisotopic (exact) mass is 338 g/mol. The van der Waals surface area contributed by atoms with Crippen molar-refractivity contribution in [1.82, 2.24) is 0 Å². The summed E-state index contributed by atoms with van der Waals surface area (Å²) in [6.45, 7) is 5.42. The van der Waals surface area contributed by atoms with Gasteiger partial charge in [0.2, 0.25) is 0 Å². The average molecular weight is 339 g/mol. The van der Waals surface area contributed by atoms with Crippen molar-refractivity contribution in [3.05, 3.63) is 35.4 Å². The van der Waals surface area contributed by atoms with Crippen LogP contribution in [-0.2, 0) is 10.2 Å². The normalized spacial score (nSPS) is 39.9. The topological polar surface area (TPSA) is 21.5 Å². The number of likely N-dealkylation sites (tertiary alicyclic amines) is 1. The van der Waals surface area contributed by atoms with Crippen LogP contribution in [0.25, 0.3) is 0 Å². The van der Waals surface area contributed by atoms with Gasteiger partial charge in [-0.1, -0.05) is 29.8 Å². The van der Waals surface area contributed by atoms with Crippen molar-refractivity contribution in [2.75, 3.05) is 19.6 Å². The second kappa shape index (κ2) is 5.67. The fourth-order valence-corrected chi connectivity index (χ4v) is 7.30. The number of benzene rings is 1. The molecule has 0 radical (unpaired) electrons. The van der Waals surface area contributed by atoms with Crippen molar-refractivity contribution >= 4 is 5.78 Å². The van der Waals surface area contributed by atoms with Gasteiger partial charge in [-0.05, 0) is 68.3 Å². The number of aryl methyl sites for hydroxylation is 1. The molecule has 134 valence electrons. The summed E-state index contributed by atoms with van der Waals surface area (Å²) >= 11 is 0. The maximum atomic E-state index is 13.5. The van der Waals surface area contributed by atoms with E-state index in [1.165, 1.54) is 69.2 Å². The van der Waals surface area contributed by atoms with Gasteiger partial charge in [-0.25, -0.2) is 0 Å². The lowest BCUT2D eigenvalue weighted by atomic mass is 9.42. The molecule has 0 spiro atoms. The van der Waals surface area contributed by atoms with E-state index in [9.17, 15) is 4.79 Å². The highest BCUT2D eigenvalue weighted by atomic mass is 16.1. The fraction of sp³-hybridized carbons (Fsp3) is 0.696. The van der Waals surface area contributed by atoms with Crippen molar-refractivity contribution in [3.63, 3.8) is 0 Å². The third-order valence-corrected chi connectivity index (χ3v) is 8.04. The molecule has 1 aromatic carbocycles. The molecule has 5 aliphatic rings. The summed E-state index contributed by atoms with van der Waals surface area (Å²) in [7, 11) is 0. The Kier molecular flexibility index (Phi) is 3.64. The predicted molar refractivity (Wildman–Crippen MR) is 99.8 cm³/mol. The summed E-state index contributed by atoms with van der Waals surface area (Å²) in [5.41, 5.74) is 3.19. The zero-order valence-corrected chi connectivity index (χ0v) is 15.7.